The Balaban J connectivity index is 1.10. The number of phenolic OH excluding ortho intramolecular Hbond substituents is 1. The summed E-state index contributed by atoms with van der Waals surface area (Å²) in [5.41, 5.74) is 3.33. The van der Waals surface area contributed by atoms with Crippen LogP contribution in [-0.4, -0.2) is 64.1 Å². The minimum Gasteiger partial charge on any atom is -0.504 e. The molecule has 3 aromatic rings. The molecule has 5 fully saturated rings. The van der Waals surface area contributed by atoms with Gasteiger partial charge < -0.3 is 23.9 Å². The number of hydrogen-bond acceptors (Lipinski definition) is 6. The van der Waals surface area contributed by atoms with E-state index in [-0.39, 0.29) is 28.6 Å². The number of aromatic nitrogens is 2. The van der Waals surface area contributed by atoms with Gasteiger partial charge in [-0.3, -0.25) is 4.90 Å². The number of ether oxygens (including phenoxy) is 3. The van der Waals surface area contributed by atoms with Crippen molar-refractivity contribution in [1.29, 1.82) is 0 Å². The topological polar surface area (TPSA) is 69.0 Å². The number of benzene rings is 2. The molecule has 1 N–H and O–H groups in total. The number of nitrogens with zero attached hydrogens (tertiary/aromatic N) is 3. The first-order valence-electron chi connectivity index (χ1n) is 15.1. The molecule has 2 aromatic carbocycles. The Kier molecular flexibility index (Phi) is 4.75. The van der Waals surface area contributed by atoms with Crippen LogP contribution in [0.4, 0.5) is 0 Å². The van der Waals surface area contributed by atoms with E-state index in [0.717, 1.165) is 61.8 Å². The van der Waals surface area contributed by atoms with Crippen LogP contribution in [0.1, 0.15) is 49.7 Å². The van der Waals surface area contributed by atoms with Crippen LogP contribution < -0.4 is 9.47 Å². The number of aromatic hydroxyl groups is 1. The predicted octanol–water partition coefficient (Wildman–Crippen LogP) is 4.88. The van der Waals surface area contributed by atoms with Crippen molar-refractivity contribution in [3.63, 3.8) is 0 Å². The highest BCUT2D eigenvalue weighted by Gasteiger charge is 2.80. The van der Waals surface area contributed by atoms with Gasteiger partial charge in [-0.05, 0) is 93.3 Å². The molecule has 7 heteroatoms. The second-order valence-electron chi connectivity index (χ2n) is 13.3. The molecule has 1 aromatic heterocycles. The third-order valence-electron chi connectivity index (χ3n) is 11.9. The summed E-state index contributed by atoms with van der Waals surface area (Å²) in [5.74, 6) is 2.97. The number of methoxy groups -OCH3 is 1. The smallest absolute Gasteiger partial charge is 0.165 e. The van der Waals surface area contributed by atoms with E-state index >= 15 is 0 Å². The lowest BCUT2D eigenvalue weighted by atomic mass is 9.35. The van der Waals surface area contributed by atoms with Gasteiger partial charge in [0.15, 0.2) is 11.5 Å². The van der Waals surface area contributed by atoms with Gasteiger partial charge in [0.2, 0.25) is 0 Å². The summed E-state index contributed by atoms with van der Waals surface area (Å²) in [6.07, 6.45) is 13.5. The van der Waals surface area contributed by atoms with Gasteiger partial charge >= 0.3 is 0 Å². The summed E-state index contributed by atoms with van der Waals surface area (Å²) in [7, 11) is 1.87. The molecule has 7 aliphatic rings. The van der Waals surface area contributed by atoms with E-state index in [1.54, 1.807) is 6.20 Å². The normalized spacial score (nSPS) is 36.8. The molecule has 3 heterocycles. The number of rotatable bonds is 7. The van der Waals surface area contributed by atoms with Gasteiger partial charge in [-0.15, -0.1) is 0 Å². The monoisotopic (exact) mass is 539 g/mol. The highest BCUT2D eigenvalue weighted by Crippen LogP contribution is 2.76. The number of imidazole rings is 1. The van der Waals surface area contributed by atoms with Crippen LogP contribution in [0.3, 0.4) is 0 Å². The Morgan fingerprint density at radius 2 is 1.98 bits per heavy atom. The maximum absolute atomic E-state index is 11.0. The zero-order valence-corrected chi connectivity index (χ0v) is 23.1. The largest absolute Gasteiger partial charge is 0.504 e. The molecule has 4 bridgehead atoms. The SMILES string of the molecule is CO[C@]12CC[C@@]3(C[C@@H]1COc1ccc(-n4ccnc4)cc1)C1Cc4ccc(O)c5c4[C@@]3(CCN1CC1CC1)[C@H]2O5. The first-order valence-corrected chi connectivity index (χ1v) is 15.1. The fourth-order valence-corrected chi connectivity index (χ4v) is 10.1. The number of phenols is 1. The minimum atomic E-state index is -0.443. The molecule has 1 unspecified atom stereocenters. The lowest BCUT2D eigenvalue weighted by Crippen LogP contribution is -2.81. The molecule has 1 saturated heterocycles. The van der Waals surface area contributed by atoms with Crippen molar-refractivity contribution in [1.82, 2.24) is 14.5 Å². The van der Waals surface area contributed by atoms with Gasteiger partial charge in [-0.1, -0.05) is 6.07 Å². The standard InChI is InChI=1S/C33H37N3O4/c1-38-33-11-10-31(17-23(33)19-39-25-7-5-24(6-8-25)36-15-13-34-20-36)27-16-22-4-9-26(37)29-28(22)32(31,30(33)40-29)12-14-35(27)18-21-2-3-21/h4-9,13,15,20-21,23,27,30,37H,2-3,10-12,14,16-19H2,1H3/t23-,27?,30-,31-,32+,33-/m1/s1. The number of likely N-dealkylation sites (tertiary alicyclic amines) is 1. The third-order valence-corrected chi connectivity index (χ3v) is 11.9. The van der Waals surface area contributed by atoms with Gasteiger partial charge in [0.05, 0.1) is 12.9 Å². The molecule has 2 spiro atoms. The zero-order chi connectivity index (χ0) is 26.7. The Hall–Kier alpha value is -3.03. The molecule has 0 radical (unpaired) electrons. The Labute approximate surface area is 235 Å². The first-order chi connectivity index (χ1) is 19.6. The van der Waals surface area contributed by atoms with Crippen LogP contribution in [0.5, 0.6) is 17.2 Å². The Morgan fingerprint density at radius 1 is 1.10 bits per heavy atom. The fraction of sp³-hybridized carbons (Fsp3) is 0.545. The third kappa shape index (κ3) is 2.85. The minimum absolute atomic E-state index is 0.0994. The van der Waals surface area contributed by atoms with E-state index in [9.17, 15) is 5.11 Å². The molecular formula is C33H37N3O4. The first kappa shape index (κ1) is 23.7. The van der Waals surface area contributed by atoms with Crippen molar-refractivity contribution in [3.8, 4) is 22.9 Å². The Morgan fingerprint density at radius 3 is 2.75 bits per heavy atom. The summed E-state index contributed by atoms with van der Waals surface area (Å²) in [6, 6.07) is 12.8. The van der Waals surface area contributed by atoms with Gasteiger partial charge in [0.25, 0.3) is 0 Å². The molecule has 10 rings (SSSR count). The molecular weight excluding hydrogens is 502 g/mol. The fourth-order valence-electron chi connectivity index (χ4n) is 10.1. The van der Waals surface area contributed by atoms with Crippen LogP contribution >= 0.6 is 0 Å². The van der Waals surface area contributed by atoms with Crippen molar-refractivity contribution in [3.05, 3.63) is 66.2 Å². The van der Waals surface area contributed by atoms with Crippen molar-refractivity contribution in [2.45, 2.75) is 68.1 Å². The van der Waals surface area contributed by atoms with Gasteiger partial charge in [0.1, 0.15) is 17.5 Å². The maximum atomic E-state index is 11.0. The van der Waals surface area contributed by atoms with Gasteiger partial charge in [-0.2, -0.15) is 0 Å². The van der Waals surface area contributed by atoms with E-state index in [2.05, 4.69) is 40.2 Å². The Bertz CT molecular complexity index is 1470. The molecule has 5 aliphatic carbocycles. The second-order valence-corrected chi connectivity index (χ2v) is 13.3. The lowest BCUT2D eigenvalue weighted by molar-refractivity contribution is -0.280. The lowest BCUT2D eigenvalue weighted by Gasteiger charge is -2.73. The summed E-state index contributed by atoms with van der Waals surface area (Å²) in [6.45, 7) is 2.94. The van der Waals surface area contributed by atoms with Crippen molar-refractivity contribution < 1.29 is 19.3 Å². The summed E-state index contributed by atoms with van der Waals surface area (Å²) < 4.78 is 22.1. The van der Waals surface area contributed by atoms with E-state index in [1.165, 1.54) is 30.5 Å². The zero-order valence-electron chi connectivity index (χ0n) is 23.1. The quantitative estimate of drug-likeness (QED) is 0.462. The van der Waals surface area contributed by atoms with Gasteiger partial charge in [-0.25, -0.2) is 4.98 Å². The van der Waals surface area contributed by atoms with E-state index in [1.807, 2.05) is 30.3 Å². The van der Waals surface area contributed by atoms with E-state index < -0.39 is 5.60 Å². The van der Waals surface area contributed by atoms with Crippen LogP contribution in [0.15, 0.2) is 55.1 Å². The maximum Gasteiger partial charge on any atom is 0.165 e. The number of fused-ring (bicyclic) bond motifs is 2. The molecule has 208 valence electrons. The average molecular weight is 540 g/mol. The summed E-state index contributed by atoms with van der Waals surface area (Å²) in [4.78, 5) is 7.01. The van der Waals surface area contributed by atoms with Crippen LogP contribution in [0.25, 0.3) is 5.69 Å². The highest BCUT2D eigenvalue weighted by atomic mass is 16.6. The molecule has 6 atom stereocenters. The summed E-state index contributed by atoms with van der Waals surface area (Å²) in [5, 5.41) is 11.0. The van der Waals surface area contributed by atoms with Crippen molar-refractivity contribution >= 4 is 0 Å². The molecule has 7 nitrogen and oxygen atoms in total. The molecule has 4 saturated carbocycles. The number of piperidine rings is 1. The van der Waals surface area contributed by atoms with Gasteiger partial charge in [0, 0.05) is 60.1 Å². The van der Waals surface area contributed by atoms with Crippen molar-refractivity contribution in [2.75, 3.05) is 26.8 Å². The van der Waals surface area contributed by atoms with E-state index in [0.29, 0.717) is 12.6 Å². The summed E-state index contributed by atoms with van der Waals surface area (Å²) >= 11 is 0. The average Bonchev–Trinajstić information content (AvgIpc) is 3.47. The van der Waals surface area contributed by atoms with E-state index in [4.69, 9.17) is 14.2 Å². The highest BCUT2D eigenvalue weighted by molar-refractivity contribution is 5.63. The van der Waals surface area contributed by atoms with Crippen LogP contribution in [0, 0.1) is 17.3 Å². The molecule has 40 heavy (non-hydrogen) atoms. The predicted molar refractivity (Wildman–Crippen MR) is 149 cm³/mol. The van der Waals surface area contributed by atoms with Crippen molar-refractivity contribution in [2.24, 2.45) is 17.3 Å². The second kappa shape index (κ2) is 8.04. The van der Waals surface area contributed by atoms with Crippen LogP contribution in [-0.2, 0) is 16.6 Å². The number of hydrogen-bond donors (Lipinski definition) is 1. The molecule has 2 aliphatic heterocycles. The molecule has 0 amide bonds. The van der Waals surface area contributed by atoms with Crippen LogP contribution in [0.2, 0.25) is 0 Å².